The van der Waals surface area contributed by atoms with Crippen LogP contribution in [0.25, 0.3) is 0 Å². The summed E-state index contributed by atoms with van der Waals surface area (Å²) in [5.74, 6) is 2.00. The molecule has 0 bridgehead atoms. The molecule has 1 heterocycles. The average molecular weight is 439 g/mol. The molecule has 2 aromatic carbocycles. The van der Waals surface area contributed by atoms with Crippen molar-refractivity contribution in [1.82, 2.24) is 10.2 Å². The minimum atomic E-state index is -0.0576. The van der Waals surface area contributed by atoms with Crippen molar-refractivity contribution in [2.24, 2.45) is 0 Å². The normalized spacial score (nSPS) is 19.5. The van der Waals surface area contributed by atoms with Crippen molar-refractivity contribution in [2.45, 2.75) is 71.5 Å². The summed E-state index contributed by atoms with van der Waals surface area (Å²) in [6, 6.07) is 13.4. The Labute approximate surface area is 195 Å². The number of rotatable bonds is 10. The number of aryl methyl sites for hydroxylation is 2. The van der Waals surface area contributed by atoms with Gasteiger partial charge in [0.15, 0.2) is 0 Å². The predicted octanol–water partition coefficient (Wildman–Crippen LogP) is 5.48. The maximum atomic E-state index is 6.32. The number of hydrogen-bond acceptors (Lipinski definition) is 4. The van der Waals surface area contributed by atoms with Gasteiger partial charge in [-0.05, 0) is 95.1 Å². The van der Waals surface area contributed by atoms with Gasteiger partial charge in [0.2, 0.25) is 0 Å². The molecule has 0 spiro atoms. The zero-order valence-corrected chi connectivity index (χ0v) is 21.1. The van der Waals surface area contributed by atoms with E-state index in [2.05, 4.69) is 88.3 Å². The van der Waals surface area contributed by atoms with E-state index in [1.54, 1.807) is 0 Å². The second-order valence-corrected chi connectivity index (χ2v) is 9.76. The van der Waals surface area contributed by atoms with Crippen LogP contribution in [-0.4, -0.2) is 50.8 Å². The minimum Gasteiger partial charge on any atom is -0.490 e. The first kappa shape index (κ1) is 24.6. The van der Waals surface area contributed by atoms with E-state index in [0.29, 0.717) is 6.10 Å². The van der Waals surface area contributed by atoms with Gasteiger partial charge in [-0.15, -0.1) is 0 Å². The van der Waals surface area contributed by atoms with E-state index in [-0.39, 0.29) is 11.5 Å². The Morgan fingerprint density at radius 1 is 1.09 bits per heavy atom. The average Bonchev–Trinajstić information content (AvgIpc) is 3.19. The van der Waals surface area contributed by atoms with Crippen molar-refractivity contribution < 1.29 is 9.47 Å². The van der Waals surface area contributed by atoms with Gasteiger partial charge in [-0.25, -0.2) is 0 Å². The molecule has 0 amide bonds. The molecule has 3 atom stereocenters. The third-order valence-corrected chi connectivity index (χ3v) is 7.10. The molecule has 1 N–H and O–H groups in total. The van der Waals surface area contributed by atoms with Crippen molar-refractivity contribution in [3.05, 3.63) is 58.7 Å². The van der Waals surface area contributed by atoms with Crippen molar-refractivity contribution in [3.8, 4) is 11.5 Å². The maximum Gasteiger partial charge on any atom is 0.122 e. The topological polar surface area (TPSA) is 33.7 Å². The second-order valence-electron chi connectivity index (χ2n) is 9.76. The Morgan fingerprint density at radius 2 is 1.72 bits per heavy atom. The summed E-state index contributed by atoms with van der Waals surface area (Å²) in [6.45, 7) is 14.2. The van der Waals surface area contributed by atoms with E-state index in [1.807, 2.05) is 7.05 Å². The summed E-state index contributed by atoms with van der Waals surface area (Å²) in [4.78, 5) is 2.33. The summed E-state index contributed by atoms with van der Waals surface area (Å²) >= 11 is 0. The monoisotopic (exact) mass is 438 g/mol. The molecule has 3 rings (SSSR count). The van der Waals surface area contributed by atoms with Crippen molar-refractivity contribution in [2.75, 3.05) is 33.7 Å². The SMILES string of the molecule is CCC(C)(c1ccc(OC(C)CCNC)c(C)c1)c1ccc(OC2CCN(C)C2)c(C)c1. The third-order valence-electron chi connectivity index (χ3n) is 7.10. The summed E-state index contributed by atoms with van der Waals surface area (Å²) in [5.41, 5.74) is 5.02. The molecule has 32 heavy (non-hydrogen) atoms. The van der Waals surface area contributed by atoms with Crippen molar-refractivity contribution >= 4 is 0 Å². The molecule has 2 aromatic rings. The van der Waals surface area contributed by atoms with Crippen LogP contribution < -0.4 is 14.8 Å². The fraction of sp³-hybridized carbons (Fsp3) is 0.571. The van der Waals surface area contributed by atoms with Crippen LogP contribution in [0.5, 0.6) is 11.5 Å². The molecule has 1 aliphatic heterocycles. The number of benzene rings is 2. The molecule has 1 saturated heterocycles. The molecule has 176 valence electrons. The van der Waals surface area contributed by atoms with Crippen molar-refractivity contribution in [3.63, 3.8) is 0 Å². The molecule has 0 aromatic heterocycles. The van der Waals surface area contributed by atoms with E-state index >= 15 is 0 Å². The van der Waals surface area contributed by atoms with Gasteiger partial charge >= 0.3 is 0 Å². The van der Waals surface area contributed by atoms with E-state index in [1.165, 1.54) is 22.3 Å². The van der Waals surface area contributed by atoms with E-state index in [0.717, 1.165) is 50.4 Å². The Hall–Kier alpha value is -2.04. The van der Waals surface area contributed by atoms with Crippen LogP contribution in [0.3, 0.4) is 0 Å². The fourth-order valence-corrected chi connectivity index (χ4v) is 4.62. The lowest BCUT2D eigenvalue weighted by Crippen LogP contribution is -2.24. The number of nitrogens with zero attached hydrogens (tertiary/aromatic N) is 1. The number of hydrogen-bond donors (Lipinski definition) is 1. The highest BCUT2D eigenvalue weighted by Gasteiger charge is 2.29. The zero-order valence-electron chi connectivity index (χ0n) is 21.1. The van der Waals surface area contributed by atoms with Crippen LogP contribution >= 0.6 is 0 Å². The highest BCUT2D eigenvalue weighted by Crippen LogP contribution is 2.39. The first-order valence-electron chi connectivity index (χ1n) is 12.2. The molecule has 4 nitrogen and oxygen atoms in total. The molecule has 1 fully saturated rings. The van der Waals surface area contributed by atoms with Crippen molar-refractivity contribution in [1.29, 1.82) is 0 Å². The number of likely N-dealkylation sites (N-methyl/N-ethyl adjacent to an activating group) is 1. The first-order valence-corrected chi connectivity index (χ1v) is 12.2. The first-order chi connectivity index (χ1) is 15.3. The van der Waals surface area contributed by atoms with Crippen LogP contribution in [0.15, 0.2) is 36.4 Å². The maximum absolute atomic E-state index is 6.32. The van der Waals surface area contributed by atoms with Gasteiger partial charge in [-0.3, -0.25) is 0 Å². The lowest BCUT2D eigenvalue weighted by molar-refractivity contribution is 0.206. The van der Waals surface area contributed by atoms with Crippen LogP contribution in [0.4, 0.5) is 0 Å². The van der Waals surface area contributed by atoms with E-state index in [4.69, 9.17) is 9.47 Å². The number of nitrogens with one attached hydrogen (secondary N) is 1. The quantitative estimate of drug-likeness (QED) is 0.533. The van der Waals surface area contributed by atoms with Gasteiger partial charge in [0.05, 0.1) is 6.10 Å². The van der Waals surface area contributed by atoms with Gasteiger partial charge in [0.25, 0.3) is 0 Å². The lowest BCUT2D eigenvalue weighted by Gasteiger charge is -2.31. The summed E-state index contributed by atoms with van der Waals surface area (Å²) in [5, 5.41) is 3.19. The molecule has 0 saturated carbocycles. The summed E-state index contributed by atoms with van der Waals surface area (Å²) < 4.78 is 12.5. The van der Waals surface area contributed by atoms with Gasteiger partial charge < -0.3 is 19.7 Å². The van der Waals surface area contributed by atoms with Gasteiger partial charge in [0, 0.05) is 18.5 Å². The minimum absolute atomic E-state index is 0.0576. The number of likely N-dealkylation sites (tertiary alicyclic amines) is 1. The molecule has 0 aliphatic carbocycles. The summed E-state index contributed by atoms with van der Waals surface area (Å²) in [6.07, 6.45) is 3.62. The van der Waals surface area contributed by atoms with E-state index < -0.39 is 0 Å². The standard InChI is InChI=1S/C28H42N2O2/c1-8-28(5,23-9-11-26(20(2)17-23)31-22(4)13-15-29-6)24-10-12-27(21(3)18-24)32-25-14-16-30(7)19-25/h9-12,17-18,22,25,29H,8,13-16,19H2,1-7H3. The molecular weight excluding hydrogens is 396 g/mol. The Kier molecular flexibility index (Phi) is 8.24. The fourth-order valence-electron chi connectivity index (χ4n) is 4.62. The summed E-state index contributed by atoms with van der Waals surface area (Å²) in [7, 11) is 4.14. The van der Waals surface area contributed by atoms with Gasteiger partial charge in [-0.2, -0.15) is 0 Å². The Morgan fingerprint density at radius 3 is 2.22 bits per heavy atom. The lowest BCUT2D eigenvalue weighted by atomic mass is 9.73. The Bertz CT molecular complexity index is 897. The molecule has 0 radical (unpaired) electrons. The number of ether oxygens (including phenoxy) is 2. The predicted molar refractivity (Wildman–Crippen MR) is 134 cm³/mol. The molecule has 3 unspecified atom stereocenters. The highest BCUT2D eigenvalue weighted by molar-refractivity contribution is 5.47. The second kappa shape index (κ2) is 10.7. The van der Waals surface area contributed by atoms with E-state index in [9.17, 15) is 0 Å². The zero-order chi connectivity index (χ0) is 23.3. The largest absolute Gasteiger partial charge is 0.490 e. The third kappa shape index (κ3) is 5.65. The van der Waals surface area contributed by atoms with Crippen LogP contribution in [0.2, 0.25) is 0 Å². The molecular formula is C28H42N2O2. The van der Waals surface area contributed by atoms with Crippen LogP contribution in [0, 0.1) is 13.8 Å². The Balaban J connectivity index is 1.79. The van der Waals surface area contributed by atoms with Gasteiger partial charge in [0.1, 0.15) is 17.6 Å². The molecule has 1 aliphatic rings. The van der Waals surface area contributed by atoms with Gasteiger partial charge in [-0.1, -0.05) is 38.1 Å². The van der Waals surface area contributed by atoms with Crippen LogP contribution in [-0.2, 0) is 5.41 Å². The smallest absolute Gasteiger partial charge is 0.122 e. The van der Waals surface area contributed by atoms with Crippen LogP contribution in [0.1, 0.15) is 62.3 Å². The molecule has 4 heteroatoms. The highest BCUT2D eigenvalue weighted by atomic mass is 16.5.